The summed E-state index contributed by atoms with van der Waals surface area (Å²) >= 11 is 0. The van der Waals surface area contributed by atoms with Crippen LogP contribution in [0.5, 0.6) is 0 Å². The van der Waals surface area contributed by atoms with Crippen LogP contribution in [-0.4, -0.2) is 69.6 Å². The Kier molecular flexibility index (Phi) is 6.11. The number of rotatable bonds is 5. The molecule has 140 valence electrons. The molecule has 0 N–H and O–H groups in total. The van der Waals surface area contributed by atoms with Crippen molar-refractivity contribution in [3.8, 4) is 0 Å². The summed E-state index contributed by atoms with van der Waals surface area (Å²) in [5.74, 6) is -0.109. The van der Waals surface area contributed by atoms with E-state index in [4.69, 9.17) is 0 Å². The average Bonchev–Trinajstić information content (AvgIpc) is 2.54. The van der Waals surface area contributed by atoms with E-state index in [1.807, 2.05) is 46.0 Å². The van der Waals surface area contributed by atoms with Crippen molar-refractivity contribution >= 4 is 21.6 Å². The maximum Gasteiger partial charge on any atom is 0.246 e. The molecule has 1 aliphatic heterocycles. The number of aryl methyl sites for hydroxylation is 2. The van der Waals surface area contributed by atoms with Crippen LogP contribution in [0.25, 0.3) is 0 Å². The second kappa shape index (κ2) is 7.74. The summed E-state index contributed by atoms with van der Waals surface area (Å²) in [5, 5.41) is 0. The first kappa shape index (κ1) is 19.7. The third-order valence-corrected chi connectivity index (χ3v) is 5.89. The van der Waals surface area contributed by atoms with Gasteiger partial charge in [0.15, 0.2) is 0 Å². The molecule has 1 saturated heterocycles. The van der Waals surface area contributed by atoms with Crippen LogP contribution >= 0.6 is 0 Å². The molecule has 1 amide bonds. The Balaban J connectivity index is 2.41. The Morgan fingerprint density at radius 1 is 1.20 bits per heavy atom. The summed E-state index contributed by atoms with van der Waals surface area (Å²) in [6.45, 7) is 8.55. The Morgan fingerprint density at radius 3 is 2.32 bits per heavy atom. The van der Waals surface area contributed by atoms with Crippen LogP contribution in [0.4, 0.5) is 5.69 Å². The third kappa shape index (κ3) is 4.52. The first-order valence-electron chi connectivity index (χ1n) is 8.69. The fraction of sp³-hybridized carbons (Fsp3) is 0.611. The molecule has 6 nitrogen and oxygen atoms in total. The molecule has 1 atom stereocenters. The van der Waals surface area contributed by atoms with Crippen molar-refractivity contribution < 1.29 is 13.2 Å². The molecule has 1 aromatic rings. The van der Waals surface area contributed by atoms with Crippen molar-refractivity contribution in [2.45, 2.75) is 33.2 Å². The number of amides is 1. The summed E-state index contributed by atoms with van der Waals surface area (Å²) in [7, 11) is -1.56. The Labute approximate surface area is 151 Å². The molecule has 7 heteroatoms. The Bertz CT molecular complexity index is 725. The molecule has 2 rings (SSSR count). The highest BCUT2D eigenvalue weighted by Crippen LogP contribution is 2.28. The molecule has 0 radical (unpaired) electrons. The lowest BCUT2D eigenvalue weighted by atomic mass is 10.1. The normalized spacial score (nSPS) is 17.4. The second-order valence-electron chi connectivity index (χ2n) is 6.90. The minimum absolute atomic E-state index is 0.109. The maximum absolute atomic E-state index is 13.1. The molecule has 25 heavy (non-hydrogen) atoms. The summed E-state index contributed by atoms with van der Waals surface area (Å²) in [4.78, 5) is 17.1. The van der Waals surface area contributed by atoms with Gasteiger partial charge in [-0.2, -0.15) is 0 Å². The Hall–Kier alpha value is -1.60. The standard InChI is InChI=1S/C18H29N3O3S/c1-6-16(18(22)20-11-9-19(4)10-12-20)21(25(5,23)24)17-13-14(2)7-8-15(17)3/h7-8,13,16H,6,9-12H2,1-5H3/t16-/m0/s1. The predicted molar refractivity (Wildman–Crippen MR) is 101 cm³/mol. The van der Waals surface area contributed by atoms with Crippen molar-refractivity contribution in [2.24, 2.45) is 0 Å². The summed E-state index contributed by atoms with van der Waals surface area (Å²) in [6, 6.07) is 4.98. The topological polar surface area (TPSA) is 60.9 Å². The van der Waals surface area contributed by atoms with Crippen LogP contribution in [0.2, 0.25) is 0 Å². The zero-order valence-corrected chi connectivity index (χ0v) is 16.6. The first-order valence-corrected chi connectivity index (χ1v) is 10.5. The van der Waals surface area contributed by atoms with Gasteiger partial charge in [-0.15, -0.1) is 0 Å². The fourth-order valence-electron chi connectivity index (χ4n) is 3.21. The van der Waals surface area contributed by atoms with Crippen LogP contribution in [0.15, 0.2) is 18.2 Å². The van der Waals surface area contributed by atoms with E-state index in [1.165, 1.54) is 10.6 Å². The minimum Gasteiger partial charge on any atom is -0.338 e. The zero-order chi connectivity index (χ0) is 18.8. The molecule has 0 bridgehead atoms. The first-order chi connectivity index (χ1) is 11.6. The molecule has 1 aliphatic rings. The molecule has 0 aromatic heterocycles. The monoisotopic (exact) mass is 367 g/mol. The van der Waals surface area contributed by atoms with Crippen molar-refractivity contribution in [2.75, 3.05) is 43.8 Å². The number of hydrogen-bond acceptors (Lipinski definition) is 4. The highest BCUT2D eigenvalue weighted by molar-refractivity contribution is 7.92. The molecule has 1 heterocycles. The van der Waals surface area contributed by atoms with E-state index in [2.05, 4.69) is 4.90 Å². The molecule has 0 saturated carbocycles. The van der Waals surface area contributed by atoms with Gasteiger partial charge in [0.25, 0.3) is 0 Å². The summed E-state index contributed by atoms with van der Waals surface area (Å²) in [6.07, 6.45) is 1.61. The summed E-state index contributed by atoms with van der Waals surface area (Å²) in [5.41, 5.74) is 2.41. The van der Waals surface area contributed by atoms with Gasteiger partial charge < -0.3 is 9.80 Å². The molecular weight excluding hydrogens is 338 g/mol. The second-order valence-corrected chi connectivity index (χ2v) is 8.76. The number of hydrogen-bond donors (Lipinski definition) is 0. The van der Waals surface area contributed by atoms with Crippen LogP contribution in [0.3, 0.4) is 0 Å². The van der Waals surface area contributed by atoms with E-state index in [0.29, 0.717) is 25.2 Å². The SMILES string of the molecule is CC[C@@H](C(=O)N1CCN(C)CC1)N(c1cc(C)ccc1C)S(C)(=O)=O. The van der Waals surface area contributed by atoms with Gasteiger partial charge in [0.05, 0.1) is 11.9 Å². The van der Waals surface area contributed by atoms with Gasteiger partial charge in [-0.25, -0.2) is 8.42 Å². The zero-order valence-electron chi connectivity index (χ0n) is 15.8. The molecular formula is C18H29N3O3S. The Morgan fingerprint density at radius 2 is 1.80 bits per heavy atom. The van der Waals surface area contributed by atoms with Crippen LogP contribution in [0.1, 0.15) is 24.5 Å². The maximum atomic E-state index is 13.1. The lowest BCUT2D eigenvalue weighted by molar-refractivity contribution is -0.134. The van der Waals surface area contributed by atoms with Crippen LogP contribution < -0.4 is 4.31 Å². The smallest absolute Gasteiger partial charge is 0.246 e. The van der Waals surface area contributed by atoms with Crippen LogP contribution in [-0.2, 0) is 14.8 Å². The highest BCUT2D eigenvalue weighted by Gasteiger charge is 2.35. The number of benzene rings is 1. The van der Waals surface area contributed by atoms with Crippen molar-refractivity contribution in [1.82, 2.24) is 9.80 Å². The van der Waals surface area contributed by atoms with Crippen molar-refractivity contribution in [3.05, 3.63) is 29.3 Å². The summed E-state index contributed by atoms with van der Waals surface area (Å²) < 4.78 is 26.5. The van der Waals surface area contributed by atoms with E-state index in [1.54, 1.807) is 4.90 Å². The van der Waals surface area contributed by atoms with Gasteiger partial charge in [-0.1, -0.05) is 19.1 Å². The molecule has 0 spiro atoms. The number of carbonyl (C=O) groups is 1. The van der Waals surface area contributed by atoms with Crippen molar-refractivity contribution in [3.63, 3.8) is 0 Å². The van der Waals surface area contributed by atoms with Gasteiger partial charge >= 0.3 is 0 Å². The van der Waals surface area contributed by atoms with Gasteiger partial charge in [0, 0.05) is 26.2 Å². The fourth-order valence-corrected chi connectivity index (χ4v) is 4.47. The molecule has 1 aromatic carbocycles. The largest absolute Gasteiger partial charge is 0.338 e. The van der Waals surface area contributed by atoms with Gasteiger partial charge in [-0.05, 0) is 44.5 Å². The minimum atomic E-state index is -3.59. The number of nitrogens with zero attached hydrogens (tertiary/aromatic N) is 3. The molecule has 0 unspecified atom stereocenters. The van der Waals surface area contributed by atoms with Gasteiger partial charge in [-0.3, -0.25) is 9.10 Å². The highest BCUT2D eigenvalue weighted by atomic mass is 32.2. The van der Waals surface area contributed by atoms with Gasteiger partial charge in [0.1, 0.15) is 6.04 Å². The number of anilines is 1. The van der Waals surface area contributed by atoms with Crippen molar-refractivity contribution in [1.29, 1.82) is 0 Å². The predicted octanol–water partition coefficient (Wildman–Crippen LogP) is 1.62. The number of sulfonamides is 1. The van der Waals surface area contributed by atoms with E-state index in [0.717, 1.165) is 24.2 Å². The number of piperazine rings is 1. The van der Waals surface area contributed by atoms with E-state index in [9.17, 15) is 13.2 Å². The lowest BCUT2D eigenvalue weighted by Crippen LogP contribution is -2.55. The number of likely N-dealkylation sites (N-methyl/N-ethyl adjacent to an activating group) is 1. The lowest BCUT2D eigenvalue weighted by Gasteiger charge is -2.38. The number of carbonyl (C=O) groups excluding carboxylic acids is 1. The quantitative estimate of drug-likeness (QED) is 0.793. The third-order valence-electron chi connectivity index (χ3n) is 4.73. The molecule has 0 aliphatic carbocycles. The van der Waals surface area contributed by atoms with Crippen LogP contribution in [0, 0.1) is 13.8 Å². The molecule has 1 fully saturated rings. The van der Waals surface area contributed by atoms with Gasteiger partial charge in [0.2, 0.25) is 15.9 Å². The van der Waals surface area contributed by atoms with E-state index < -0.39 is 16.1 Å². The van der Waals surface area contributed by atoms with E-state index >= 15 is 0 Å². The average molecular weight is 368 g/mol. The van der Waals surface area contributed by atoms with E-state index in [-0.39, 0.29) is 5.91 Å².